The number of aromatic nitrogens is 4. The lowest BCUT2D eigenvalue weighted by molar-refractivity contribution is -0.146. The van der Waals surface area contributed by atoms with Gasteiger partial charge in [-0.05, 0) is 24.6 Å². The topological polar surface area (TPSA) is 108 Å². The average molecular weight is 472 g/mol. The molecular weight excluding hydrogens is 442 g/mol. The molecule has 3 heterocycles. The number of rotatable bonds is 7. The molecule has 0 bridgehead atoms. The molecule has 2 aromatic carbocycles. The Labute approximate surface area is 203 Å². The summed E-state index contributed by atoms with van der Waals surface area (Å²) in [6.45, 7) is 3.63. The zero-order valence-corrected chi connectivity index (χ0v) is 19.9. The number of methoxy groups -OCH3 is 1. The SMILES string of the molecule is COC1(C(=O)NCc2ccccc2)CCN(c2nc(Nc3cc(C)[nH]n3)c3ccccc3n2)CC1. The maximum Gasteiger partial charge on any atom is 0.252 e. The molecule has 1 saturated heterocycles. The summed E-state index contributed by atoms with van der Waals surface area (Å²) in [4.78, 5) is 24.8. The maximum atomic E-state index is 13.1. The second-order valence-corrected chi connectivity index (χ2v) is 8.80. The van der Waals surface area contributed by atoms with Crippen molar-refractivity contribution in [3.63, 3.8) is 0 Å². The minimum atomic E-state index is -0.865. The highest BCUT2D eigenvalue weighted by Gasteiger charge is 2.42. The number of hydrogen-bond donors (Lipinski definition) is 3. The molecular formula is C26H29N7O2. The monoisotopic (exact) mass is 471 g/mol. The van der Waals surface area contributed by atoms with Gasteiger partial charge in [0.25, 0.3) is 5.91 Å². The minimum Gasteiger partial charge on any atom is -0.368 e. The summed E-state index contributed by atoms with van der Waals surface area (Å²) in [7, 11) is 1.61. The van der Waals surface area contributed by atoms with E-state index in [1.807, 2.05) is 67.6 Å². The number of nitrogens with one attached hydrogen (secondary N) is 3. The summed E-state index contributed by atoms with van der Waals surface area (Å²) in [5.74, 6) is 1.93. The van der Waals surface area contributed by atoms with Gasteiger partial charge in [-0.3, -0.25) is 9.89 Å². The zero-order chi connectivity index (χ0) is 24.3. The number of hydrogen-bond acceptors (Lipinski definition) is 7. The molecule has 9 nitrogen and oxygen atoms in total. The Bertz CT molecular complexity index is 1310. The molecule has 9 heteroatoms. The maximum absolute atomic E-state index is 13.1. The number of anilines is 3. The summed E-state index contributed by atoms with van der Waals surface area (Å²) in [5, 5.41) is 14.5. The Kier molecular flexibility index (Phi) is 6.33. The minimum absolute atomic E-state index is 0.0841. The van der Waals surface area contributed by atoms with Gasteiger partial charge >= 0.3 is 0 Å². The molecule has 0 saturated carbocycles. The van der Waals surface area contributed by atoms with E-state index in [0.717, 1.165) is 22.2 Å². The Morgan fingerprint density at radius 2 is 1.83 bits per heavy atom. The van der Waals surface area contributed by atoms with Gasteiger partial charge in [0.15, 0.2) is 5.82 Å². The first-order chi connectivity index (χ1) is 17.1. The number of para-hydroxylation sites is 1. The van der Waals surface area contributed by atoms with E-state index in [9.17, 15) is 4.79 Å². The Hall–Kier alpha value is -3.98. The number of benzene rings is 2. The Morgan fingerprint density at radius 1 is 1.09 bits per heavy atom. The van der Waals surface area contributed by atoms with Crippen molar-refractivity contribution in [2.24, 2.45) is 0 Å². The summed E-state index contributed by atoms with van der Waals surface area (Å²) in [5.41, 5.74) is 2.00. The van der Waals surface area contributed by atoms with Crippen LogP contribution in [0.4, 0.5) is 17.6 Å². The van der Waals surface area contributed by atoms with E-state index in [2.05, 4.69) is 25.7 Å². The summed E-state index contributed by atoms with van der Waals surface area (Å²) < 4.78 is 5.78. The van der Waals surface area contributed by atoms with Crippen molar-refractivity contribution >= 4 is 34.4 Å². The molecule has 5 rings (SSSR count). The lowest BCUT2D eigenvalue weighted by Gasteiger charge is -2.39. The van der Waals surface area contributed by atoms with Crippen molar-refractivity contribution in [2.45, 2.75) is 31.9 Å². The lowest BCUT2D eigenvalue weighted by Crippen LogP contribution is -2.55. The van der Waals surface area contributed by atoms with E-state index in [0.29, 0.717) is 50.1 Å². The quantitative estimate of drug-likeness (QED) is 0.377. The fourth-order valence-electron chi connectivity index (χ4n) is 4.44. The van der Waals surface area contributed by atoms with Crippen LogP contribution in [-0.2, 0) is 16.1 Å². The van der Waals surface area contributed by atoms with Crippen LogP contribution in [0.25, 0.3) is 10.9 Å². The Balaban J connectivity index is 1.33. The number of aromatic amines is 1. The molecule has 0 aliphatic carbocycles. The highest BCUT2D eigenvalue weighted by Crippen LogP contribution is 2.31. The number of amides is 1. The Morgan fingerprint density at radius 3 is 2.54 bits per heavy atom. The normalized spacial score (nSPS) is 15.2. The van der Waals surface area contributed by atoms with E-state index in [1.165, 1.54) is 0 Å². The molecule has 0 atom stereocenters. The second-order valence-electron chi connectivity index (χ2n) is 8.80. The van der Waals surface area contributed by atoms with Crippen LogP contribution in [0.5, 0.6) is 0 Å². The predicted molar refractivity (Wildman–Crippen MR) is 136 cm³/mol. The van der Waals surface area contributed by atoms with Crippen LogP contribution in [0.2, 0.25) is 0 Å². The first-order valence-corrected chi connectivity index (χ1v) is 11.7. The van der Waals surface area contributed by atoms with Gasteiger partial charge < -0.3 is 20.3 Å². The highest BCUT2D eigenvalue weighted by molar-refractivity contribution is 5.91. The second kappa shape index (κ2) is 9.71. The van der Waals surface area contributed by atoms with Crippen molar-refractivity contribution < 1.29 is 9.53 Å². The third-order valence-electron chi connectivity index (χ3n) is 6.50. The summed E-state index contributed by atoms with van der Waals surface area (Å²) in [6.07, 6.45) is 1.09. The first kappa shape index (κ1) is 22.8. The third-order valence-corrected chi connectivity index (χ3v) is 6.50. The van der Waals surface area contributed by atoms with Gasteiger partial charge in [0, 0.05) is 56.7 Å². The van der Waals surface area contributed by atoms with Gasteiger partial charge in [0.1, 0.15) is 11.4 Å². The fraction of sp³-hybridized carbons (Fsp3) is 0.308. The van der Waals surface area contributed by atoms with Crippen LogP contribution in [0.3, 0.4) is 0 Å². The number of carbonyl (C=O) groups excluding carboxylic acids is 1. The van der Waals surface area contributed by atoms with Gasteiger partial charge in [-0.2, -0.15) is 10.1 Å². The van der Waals surface area contributed by atoms with E-state index in [1.54, 1.807) is 7.11 Å². The van der Waals surface area contributed by atoms with Crippen LogP contribution >= 0.6 is 0 Å². The standard InChI is InChI=1S/C26H29N7O2/c1-18-16-22(32-31-18)29-23-20-10-6-7-11-21(20)28-25(30-23)33-14-12-26(35-2,13-15-33)24(34)27-17-19-8-4-3-5-9-19/h3-11,16H,12-15,17H2,1-2H3,(H,27,34)(H2,28,29,30,31,32). The number of piperidine rings is 1. The van der Waals surface area contributed by atoms with Crippen molar-refractivity contribution in [1.29, 1.82) is 0 Å². The van der Waals surface area contributed by atoms with Crippen LogP contribution in [0, 0.1) is 6.92 Å². The molecule has 0 spiro atoms. The number of aryl methyl sites for hydroxylation is 1. The van der Waals surface area contributed by atoms with Gasteiger partial charge in [-0.15, -0.1) is 0 Å². The van der Waals surface area contributed by atoms with Crippen LogP contribution in [0.1, 0.15) is 24.1 Å². The van der Waals surface area contributed by atoms with E-state index in [-0.39, 0.29) is 5.91 Å². The van der Waals surface area contributed by atoms with E-state index < -0.39 is 5.60 Å². The molecule has 1 amide bonds. The number of fused-ring (bicyclic) bond motifs is 1. The molecule has 35 heavy (non-hydrogen) atoms. The smallest absolute Gasteiger partial charge is 0.252 e. The van der Waals surface area contributed by atoms with Gasteiger partial charge in [0.2, 0.25) is 5.95 Å². The molecule has 4 aromatic rings. The van der Waals surface area contributed by atoms with Crippen molar-refractivity contribution in [3.8, 4) is 0 Å². The van der Waals surface area contributed by atoms with Crippen molar-refractivity contribution in [1.82, 2.24) is 25.5 Å². The van der Waals surface area contributed by atoms with Gasteiger partial charge in [0.05, 0.1) is 5.52 Å². The average Bonchev–Trinajstić information content (AvgIpc) is 3.32. The highest BCUT2D eigenvalue weighted by atomic mass is 16.5. The zero-order valence-electron chi connectivity index (χ0n) is 19.9. The molecule has 0 unspecified atom stereocenters. The van der Waals surface area contributed by atoms with Crippen molar-refractivity contribution in [2.75, 3.05) is 30.4 Å². The van der Waals surface area contributed by atoms with Crippen molar-refractivity contribution in [3.05, 3.63) is 71.9 Å². The summed E-state index contributed by atoms with van der Waals surface area (Å²) in [6, 6.07) is 19.7. The molecule has 0 radical (unpaired) electrons. The molecule has 3 N–H and O–H groups in total. The lowest BCUT2D eigenvalue weighted by atomic mass is 9.90. The van der Waals surface area contributed by atoms with Crippen LogP contribution in [-0.4, -0.2) is 51.9 Å². The molecule has 1 aliphatic heterocycles. The van der Waals surface area contributed by atoms with Crippen LogP contribution in [0.15, 0.2) is 60.7 Å². The number of carbonyl (C=O) groups is 1. The first-order valence-electron chi connectivity index (χ1n) is 11.7. The number of H-pyrrole nitrogens is 1. The van der Waals surface area contributed by atoms with E-state index >= 15 is 0 Å². The molecule has 1 fully saturated rings. The summed E-state index contributed by atoms with van der Waals surface area (Å²) >= 11 is 0. The number of ether oxygens (including phenoxy) is 1. The number of nitrogens with zero attached hydrogens (tertiary/aromatic N) is 4. The molecule has 180 valence electrons. The molecule has 2 aromatic heterocycles. The third kappa shape index (κ3) is 4.81. The van der Waals surface area contributed by atoms with Crippen LogP contribution < -0.4 is 15.5 Å². The fourth-order valence-corrected chi connectivity index (χ4v) is 4.44. The largest absolute Gasteiger partial charge is 0.368 e. The van der Waals surface area contributed by atoms with E-state index in [4.69, 9.17) is 14.7 Å². The molecule has 1 aliphatic rings. The predicted octanol–water partition coefficient (Wildman–Crippen LogP) is 3.71. The van der Waals surface area contributed by atoms with Gasteiger partial charge in [-0.25, -0.2) is 4.98 Å². The van der Waals surface area contributed by atoms with Gasteiger partial charge in [-0.1, -0.05) is 42.5 Å².